The van der Waals surface area contributed by atoms with Crippen LogP contribution in [0.2, 0.25) is 0 Å². The van der Waals surface area contributed by atoms with Crippen LogP contribution in [0.5, 0.6) is 0 Å². The number of carboxylic acid groups (broad SMARTS) is 1. The minimum absolute atomic E-state index is 0.622. The zero-order valence-electron chi connectivity index (χ0n) is 10.4. The van der Waals surface area contributed by atoms with Gasteiger partial charge in [-0.1, -0.05) is 0 Å². The van der Waals surface area contributed by atoms with Crippen LogP contribution in [-0.4, -0.2) is 80.7 Å². The van der Waals surface area contributed by atoms with E-state index in [2.05, 4.69) is 5.32 Å². The highest BCUT2D eigenvalue weighted by Crippen LogP contribution is 2.19. The number of ether oxygens (including phenoxy) is 1. The third kappa shape index (κ3) is 3.85. The first-order valence-electron chi connectivity index (χ1n) is 5.86. The molecule has 0 aromatic carbocycles. The first-order chi connectivity index (χ1) is 9.27. The van der Waals surface area contributed by atoms with Crippen molar-refractivity contribution in [3.05, 3.63) is 0 Å². The second-order valence-electron chi connectivity index (χ2n) is 4.46. The van der Waals surface area contributed by atoms with Crippen molar-refractivity contribution in [2.75, 3.05) is 6.61 Å². The van der Waals surface area contributed by atoms with E-state index in [1.54, 1.807) is 0 Å². The van der Waals surface area contributed by atoms with Crippen LogP contribution < -0.4 is 11.1 Å². The van der Waals surface area contributed by atoms with Gasteiger partial charge in [-0.25, -0.2) is 0 Å². The van der Waals surface area contributed by atoms with Gasteiger partial charge in [0.2, 0.25) is 5.91 Å². The van der Waals surface area contributed by atoms with Crippen molar-refractivity contribution in [3.63, 3.8) is 0 Å². The summed E-state index contributed by atoms with van der Waals surface area (Å²) >= 11 is 0. The van der Waals surface area contributed by atoms with Crippen LogP contribution in [0, 0.1) is 0 Å². The van der Waals surface area contributed by atoms with Crippen molar-refractivity contribution in [1.82, 2.24) is 5.32 Å². The highest BCUT2D eigenvalue weighted by Gasteiger charge is 2.44. The van der Waals surface area contributed by atoms with E-state index in [0.717, 1.165) is 0 Å². The molecule has 1 aliphatic heterocycles. The number of carbonyl (C=O) groups excluding carboxylic acids is 1. The van der Waals surface area contributed by atoms with Crippen molar-refractivity contribution in [2.45, 2.75) is 43.1 Å². The van der Waals surface area contributed by atoms with Gasteiger partial charge in [-0.3, -0.25) is 9.59 Å². The molecule has 2 unspecified atom stereocenters. The van der Waals surface area contributed by atoms with E-state index >= 15 is 0 Å². The Balaban J connectivity index is 2.66. The van der Waals surface area contributed by atoms with Crippen molar-refractivity contribution in [1.29, 1.82) is 0 Å². The van der Waals surface area contributed by atoms with Crippen LogP contribution >= 0.6 is 0 Å². The predicted molar refractivity (Wildman–Crippen MR) is 62.1 cm³/mol. The van der Waals surface area contributed by atoms with Gasteiger partial charge in [-0.2, -0.15) is 0 Å². The number of aliphatic hydroxyl groups is 4. The Bertz CT molecular complexity index is 363. The summed E-state index contributed by atoms with van der Waals surface area (Å²) in [6.07, 6.45) is -8.04. The first kappa shape index (κ1) is 16.8. The number of nitrogens with one attached hydrogen (secondary N) is 1. The summed E-state index contributed by atoms with van der Waals surface area (Å²) in [5, 5.41) is 48.2. The lowest BCUT2D eigenvalue weighted by molar-refractivity contribution is -0.236. The SMILES string of the molecule is NC(CC(=O)O)C(=O)N[C@@H]1OC(CO)[C@@H](O)[C@H](O)[C@H]1O. The van der Waals surface area contributed by atoms with Gasteiger partial charge < -0.3 is 41.3 Å². The van der Waals surface area contributed by atoms with Crippen LogP contribution in [-0.2, 0) is 14.3 Å². The predicted octanol–water partition coefficient (Wildman–Crippen LogP) is -4.30. The molecule has 116 valence electrons. The maximum Gasteiger partial charge on any atom is 0.305 e. The molecule has 0 saturated carbocycles. The normalized spacial score (nSPS) is 35.4. The fraction of sp³-hybridized carbons (Fsp3) is 0.800. The summed E-state index contributed by atoms with van der Waals surface area (Å²) in [6.45, 7) is -0.640. The van der Waals surface area contributed by atoms with E-state index in [1.807, 2.05) is 0 Å². The van der Waals surface area contributed by atoms with Gasteiger partial charge >= 0.3 is 5.97 Å². The molecule has 8 N–H and O–H groups in total. The van der Waals surface area contributed by atoms with Crippen LogP contribution in [0.25, 0.3) is 0 Å². The smallest absolute Gasteiger partial charge is 0.305 e. The van der Waals surface area contributed by atoms with E-state index in [4.69, 9.17) is 20.7 Å². The summed E-state index contributed by atoms with van der Waals surface area (Å²) in [7, 11) is 0. The number of aliphatic carboxylic acids is 1. The molecule has 1 saturated heterocycles. The van der Waals surface area contributed by atoms with E-state index in [1.165, 1.54) is 0 Å². The largest absolute Gasteiger partial charge is 0.481 e. The number of hydrogen-bond acceptors (Lipinski definition) is 8. The van der Waals surface area contributed by atoms with Crippen LogP contribution in [0.4, 0.5) is 0 Å². The number of amides is 1. The number of aliphatic hydroxyl groups excluding tert-OH is 4. The number of carboxylic acids is 1. The van der Waals surface area contributed by atoms with Crippen molar-refractivity contribution < 1.29 is 39.9 Å². The number of rotatable bonds is 5. The maximum absolute atomic E-state index is 11.6. The zero-order chi connectivity index (χ0) is 15.4. The summed E-state index contributed by atoms with van der Waals surface area (Å²) in [5.41, 5.74) is 5.32. The third-order valence-electron chi connectivity index (χ3n) is 2.91. The Labute approximate surface area is 113 Å². The van der Waals surface area contributed by atoms with Crippen LogP contribution in [0.15, 0.2) is 0 Å². The minimum atomic E-state index is -1.64. The molecule has 10 nitrogen and oxygen atoms in total. The summed E-state index contributed by atoms with van der Waals surface area (Å²) in [4.78, 5) is 22.0. The maximum atomic E-state index is 11.6. The molecule has 1 fully saturated rings. The Hall–Kier alpha value is -1.30. The van der Waals surface area contributed by atoms with Gasteiger partial charge in [0.15, 0.2) is 6.23 Å². The van der Waals surface area contributed by atoms with Crippen molar-refractivity contribution in [2.24, 2.45) is 5.73 Å². The quantitative estimate of drug-likeness (QED) is 0.263. The molecule has 6 atom stereocenters. The van der Waals surface area contributed by atoms with Crippen molar-refractivity contribution >= 4 is 11.9 Å². The summed E-state index contributed by atoms with van der Waals surface area (Å²) < 4.78 is 5.01. The zero-order valence-corrected chi connectivity index (χ0v) is 10.4. The highest BCUT2D eigenvalue weighted by molar-refractivity contribution is 5.86. The monoisotopic (exact) mass is 294 g/mol. The molecule has 0 radical (unpaired) electrons. The second-order valence-corrected chi connectivity index (χ2v) is 4.46. The fourth-order valence-electron chi connectivity index (χ4n) is 1.75. The van der Waals surface area contributed by atoms with Gasteiger partial charge in [0, 0.05) is 0 Å². The topological polar surface area (TPSA) is 183 Å². The molecule has 0 aromatic rings. The van der Waals surface area contributed by atoms with Gasteiger partial charge in [0.25, 0.3) is 0 Å². The molecule has 0 spiro atoms. The van der Waals surface area contributed by atoms with Gasteiger partial charge in [-0.05, 0) is 0 Å². The second kappa shape index (κ2) is 6.92. The molecular weight excluding hydrogens is 276 g/mol. The van der Waals surface area contributed by atoms with Crippen molar-refractivity contribution in [3.8, 4) is 0 Å². The number of nitrogens with two attached hydrogens (primary N) is 1. The molecule has 1 heterocycles. The average molecular weight is 294 g/mol. The number of hydrogen-bond donors (Lipinski definition) is 7. The Morgan fingerprint density at radius 1 is 1.20 bits per heavy atom. The lowest BCUT2D eigenvalue weighted by Crippen LogP contribution is -2.64. The van der Waals surface area contributed by atoms with E-state index in [-0.39, 0.29) is 0 Å². The van der Waals surface area contributed by atoms with E-state index in [9.17, 15) is 24.9 Å². The summed E-state index contributed by atoms with van der Waals surface area (Å²) in [6, 6.07) is -1.36. The molecule has 10 heteroatoms. The van der Waals surface area contributed by atoms with Crippen LogP contribution in [0.3, 0.4) is 0 Å². The Morgan fingerprint density at radius 2 is 1.80 bits per heavy atom. The molecule has 1 amide bonds. The van der Waals surface area contributed by atoms with E-state index in [0.29, 0.717) is 0 Å². The van der Waals surface area contributed by atoms with E-state index < -0.39 is 61.6 Å². The lowest BCUT2D eigenvalue weighted by atomic mass is 9.98. The van der Waals surface area contributed by atoms with Crippen LogP contribution in [0.1, 0.15) is 6.42 Å². The molecule has 1 rings (SSSR count). The fourth-order valence-corrected chi connectivity index (χ4v) is 1.75. The molecule has 20 heavy (non-hydrogen) atoms. The van der Waals surface area contributed by atoms with Gasteiger partial charge in [-0.15, -0.1) is 0 Å². The lowest BCUT2D eigenvalue weighted by Gasteiger charge is -2.40. The Morgan fingerprint density at radius 3 is 2.30 bits per heavy atom. The molecule has 0 bridgehead atoms. The number of carbonyl (C=O) groups is 2. The standard InChI is InChI=1S/C10H18N2O8/c11-3(1-5(14)15)9(19)12-10-8(18)7(17)6(16)4(2-13)20-10/h3-4,6-8,10,13,16-18H,1-2,11H2,(H,12,19)(H,14,15)/t3?,4?,6-,7+,8-,10-/m1/s1. The molecule has 1 aliphatic rings. The summed E-state index contributed by atoms with van der Waals surface area (Å²) in [5.74, 6) is -2.18. The first-order valence-corrected chi connectivity index (χ1v) is 5.86. The molecular formula is C10H18N2O8. The average Bonchev–Trinajstić information content (AvgIpc) is 2.38. The minimum Gasteiger partial charge on any atom is -0.481 e. The molecule has 0 aliphatic carbocycles. The Kier molecular flexibility index (Phi) is 5.80. The van der Waals surface area contributed by atoms with Gasteiger partial charge in [0.05, 0.1) is 19.1 Å². The highest BCUT2D eigenvalue weighted by atomic mass is 16.6. The molecule has 0 aromatic heterocycles. The van der Waals surface area contributed by atoms with Gasteiger partial charge in [0.1, 0.15) is 24.4 Å². The third-order valence-corrected chi connectivity index (χ3v) is 2.91.